The summed E-state index contributed by atoms with van der Waals surface area (Å²) in [5.41, 5.74) is 9.14. The number of aryl methyl sites for hydroxylation is 3. The van der Waals surface area contributed by atoms with Crippen LogP contribution >= 0.6 is 0 Å². The van der Waals surface area contributed by atoms with E-state index in [0.717, 1.165) is 44.6 Å². The van der Waals surface area contributed by atoms with Gasteiger partial charge in [-0.2, -0.15) is 5.10 Å². The third-order valence-corrected chi connectivity index (χ3v) is 5.19. The van der Waals surface area contributed by atoms with Gasteiger partial charge in [0, 0.05) is 28.4 Å². The van der Waals surface area contributed by atoms with Crippen molar-refractivity contribution in [1.82, 2.24) is 9.97 Å². The van der Waals surface area contributed by atoms with E-state index in [1.807, 2.05) is 38.1 Å². The summed E-state index contributed by atoms with van der Waals surface area (Å²) in [6.45, 7) is 12.6. The van der Waals surface area contributed by atoms with Crippen LogP contribution < -0.4 is 10.8 Å². The second-order valence-electron chi connectivity index (χ2n) is 9.02. The number of hydrogen-bond acceptors (Lipinski definition) is 5. The highest BCUT2D eigenvalue weighted by atomic mass is 16.3. The van der Waals surface area contributed by atoms with Crippen LogP contribution in [0.2, 0.25) is 0 Å². The van der Waals surface area contributed by atoms with E-state index in [1.165, 1.54) is 5.56 Å². The summed E-state index contributed by atoms with van der Waals surface area (Å²) in [6.07, 6.45) is 0. The molecule has 31 heavy (non-hydrogen) atoms. The number of rotatable bonds is 3. The first-order chi connectivity index (χ1) is 14.7. The lowest BCUT2D eigenvalue weighted by molar-refractivity contribution is 0.589. The maximum Gasteiger partial charge on any atom is 0.243 e. The Kier molecular flexibility index (Phi) is 5.36. The van der Waals surface area contributed by atoms with E-state index in [0.29, 0.717) is 5.95 Å². The molecular weight excluding hydrogens is 384 g/mol. The lowest BCUT2D eigenvalue weighted by Gasteiger charge is -2.19. The molecule has 2 aromatic carbocycles. The minimum atomic E-state index is 0.104. The molecule has 0 amide bonds. The Hall–Kier alpha value is -3.47. The first-order valence-corrected chi connectivity index (χ1v) is 10.5. The van der Waals surface area contributed by atoms with Crippen LogP contribution in [-0.2, 0) is 5.41 Å². The molecule has 2 aromatic heterocycles. The molecule has 0 saturated heterocycles. The van der Waals surface area contributed by atoms with E-state index in [4.69, 9.17) is 4.42 Å². The van der Waals surface area contributed by atoms with Crippen LogP contribution in [0.15, 0.2) is 64.1 Å². The molecule has 1 N–H and O–H groups in total. The minimum absolute atomic E-state index is 0.104. The Morgan fingerprint density at radius 3 is 2.16 bits per heavy atom. The van der Waals surface area contributed by atoms with Gasteiger partial charge < -0.3 is 4.42 Å². The molecule has 0 aliphatic heterocycles. The Bertz CT molecular complexity index is 1290. The number of aromatic nitrogens is 2. The molecule has 0 spiro atoms. The van der Waals surface area contributed by atoms with Crippen LogP contribution in [0.1, 0.15) is 43.3 Å². The molecule has 0 fully saturated rings. The highest BCUT2D eigenvalue weighted by Gasteiger charge is 2.14. The third kappa shape index (κ3) is 4.66. The summed E-state index contributed by atoms with van der Waals surface area (Å²) >= 11 is 0. The normalized spacial score (nSPS) is 12.4. The average Bonchev–Trinajstić information content (AvgIpc) is 2.71. The van der Waals surface area contributed by atoms with Crippen molar-refractivity contribution in [3.8, 4) is 11.3 Å². The lowest BCUT2D eigenvalue weighted by atomic mass is 9.86. The second-order valence-corrected chi connectivity index (χ2v) is 9.02. The van der Waals surface area contributed by atoms with Gasteiger partial charge in [-0.05, 0) is 49.9 Å². The molecule has 0 aliphatic carbocycles. The Morgan fingerprint density at radius 2 is 1.52 bits per heavy atom. The zero-order chi connectivity index (χ0) is 22.2. The number of nitrogens with zero attached hydrogens (tertiary/aromatic N) is 3. The highest BCUT2D eigenvalue weighted by molar-refractivity contribution is 5.79. The molecule has 0 saturated carbocycles. The number of nitrogens with one attached hydrogen (secondary N) is 1. The summed E-state index contributed by atoms with van der Waals surface area (Å²) in [4.78, 5) is 8.84. The van der Waals surface area contributed by atoms with Crippen LogP contribution in [0, 0.1) is 20.8 Å². The third-order valence-electron chi connectivity index (χ3n) is 5.19. The summed E-state index contributed by atoms with van der Waals surface area (Å²) < 4.78 is 6.24. The first kappa shape index (κ1) is 20.8. The van der Waals surface area contributed by atoms with Crippen molar-refractivity contribution in [1.29, 1.82) is 0 Å². The largest absolute Gasteiger partial charge is 0.456 e. The summed E-state index contributed by atoms with van der Waals surface area (Å²) in [5, 5.41) is 6.35. The van der Waals surface area contributed by atoms with Gasteiger partial charge in [-0.1, -0.05) is 56.7 Å². The van der Waals surface area contributed by atoms with Gasteiger partial charge in [-0.15, -0.1) is 0 Å². The highest BCUT2D eigenvalue weighted by Crippen LogP contribution is 2.27. The monoisotopic (exact) mass is 412 g/mol. The molecule has 158 valence electrons. The molecule has 0 bridgehead atoms. The van der Waals surface area contributed by atoms with Crippen molar-refractivity contribution in [3.05, 3.63) is 82.5 Å². The van der Waals surface area contributed by atoms with Gasteiger partial charge in [0.2, 0.25) is 5.95 Å². The zero-order valence-corrected chi connectivity index (χ0v) is 18.9. The van der Waals surface area contributed by atoms with E-state index in [-0.39, 0.29) is 5.41 Å². The fourth-order valence-electron chi connectivity index (χ4n) is 3.54. The van der Waals surface area contributed by atoms with Crippen LogP contribution in [0.3, 0.4) is 0 Å². The van der Waals surface area contributed by atoms with E-state index in [2.05, 4.69) is 78.5 Å². The fraction of sp³-hybridized carbons (Fsp3) is 0.269. The van der Waals surface area contributed by atoms with Crippen LogP contribution in [0.5, 0.6) is 0 Å². The van der Waals surface area contributed by atoms with Gasteiger partial charge in [0.25, 0.3) is 0 Å². The zero-order valence-electron chi connectivity index (χ0n) is 18.9. The average molecular weight is 413 g/mol. The lowest BCUT2D eigenvalue weighted by Crippen LogP contribution is -2.11. The maximum atomic E-state index is 6.24. The quantitative estimate of drug-likeness (QED) is 0.417. The van der Waals surface area contributed by atoms with Gasteiger partial charge in [0.05, 0.1) is 5.36 Å². The van der Waals surface area contributed by atoms with Crippen molar-refractivity contribution in [2.45, 2.75) is 47.0 Å². The summed E-state index contributed by atoms with van der Waals surface area (Å²) in [6, 6.07) is 18.5. The molecule has 2 heterocycles. The maximum absolute atomic E-state index is 6.24. The van der Waals surface area contributed by atoms with Crippen LogP contribution in [-0.4, -0.2) is 9.97 Å². The molecule has 0 aliphatic rings. The topological polar surface area (TPSA) is 63.3 Å². The van der Waals surface area contributed by atoms with Gasteiger partial charge >= 0.3 is 0 Å². The Morgan fingerprint density at radius 1 is 0.839 bits per heavy atom. The van der Waals surface area contributed by atoms with Gasteiger partial charge in [0.1, 0.15) is 11.3 Å². The standard InChI is InChI=1S/C26H28N4O/c1-16-7-12-23-21(13-16)22(29-30-25-27-17(2)14-18(3)28-25)15-24(31-23)19-8-10-20(11-9-19)26(4,5)6/h7-15H,1-6H3,(H,27,28,30)/b29-22-. The molecule has 0 radical (unpaired) electrons. The van der Waals surface area contributed by atoms with Crippen molar-refractivity contribution in [2.75, 3.05) is 5.43 Å². The Balaban J connectivity index is 1.82. The van der Waals surface area contributed by atoms with Crippen molar-refractivity contribution in [2.24, 2.45) is 5.10 Å². The summed E-state index contributed by atoms with van der Waals surface area (Å²) in [7, 11) is 0. The van der Waals surface area contributed by atoms with Gasteiger partial charge in [0.15, 0.2) is 0 Å². The molecular formula is C26H28N4O. The number of hydrogen-bond donors (Lipinski definition) is 1. The molecule has 0 atom stereocenters. The van der Waals surface area contributed by atoms with E-state index in [9.17, 15) is 0 Å². The van der Waals surface area contributed by atoms with Crippen molar-refractivity contribution >= 4 is 16.9 Å². The van der Waals surface area contributed by atoms with Crippen LogP contribution in [0.4, 0.5) is 5.95 Å². The summed E-state index contributed by atoms with van der Waals surface area (Å²) in [5.74, 6) is 1.24. The van der Waals surface area contributed by atoms with Crippen molar-refractivity contribution < 1.29 is 4.42 Å². The molecule has 0 unspecified atom stereocenters. The predicted molar refractivity (Wildman–Crippen MR) is 126 cm³/mol. The van der Waals surface area contributed by atoms with E-state index >= 15 is 0 Å². The second kappa shape index (κ2) is 7.99. The molecule has 4 rings (SSSR count). The predicted octanol–water partition coefficient (Wildman–Crippen LogP) is 6.04. The van der Waals surface area contributed by atoms with E-state index in [1.54, 1.807) is 0 Å². The smallest absolute Gasteiger partial charge is 0.243 e. The first-order valence-electron chi connectivity index (χ1n) is 10.5. The Labute approximate surface area is 182 Å². The van der Waals surface area contributed by atoms with Crippen LogP contribution in [0.25, 0.3) is 22.3 Å². The SMILES string of the molecule is Cc1ccc2oc(-c3ccc(C(C)(C)C)cc3)c/c(=N/Nc3nc(C)cc(C)n3)c2c1. The number of benzene rings is 2. The number of fused-ring (bicyclic) bond motifs is 1. The number of anilines is 1. The molecule has 5 nitrogen and oxygen atoms in total. The van der Waals surface area contributed by atoms with Crippen molar-refractivity contribution in [3.63, 3.8) is 0 Å². The molecule has 5 heteroatoms. The minimum Gasteiger partial charge on any atom is -0.456 e. The van der Waals surface area contributed by atoms with Gasteiger partial charge in [-0.3, -0.25) is 0 Å². The van der Waals surface area contributed by atoms with Gasteiger partial charge in [-0.25, -0.2) is 15.4 Å². The van der Waals surface area contributed by atoms with E-state index < -0.39 is 0 Å². The fourth-order valence-corrected chi connectivity index (χ4v) is 3.54. The molecule has 4 aromatic rings.